The van der Waals surface area contributed by atoms with Crippen molar-refractivity contribution in [3.8, 4) is 0 Å². The van der Waals surface area contributed by atoms with Gasteiger partial charge in [0.2, 0.25) is 5.91 Å². The van der Waals surface area contributed by atoms with Gasteiger partial charge in [0, 0.05) is 26.3 Å². The van der Waals surface area contributed by atoms with Crippen molar-refractivity contribution in [3.05, 3.63) is 0 Å². The summed E-state index contributed by atoms with van der Waals surface area (Å²) in [7, 11) is 0. The summed E-state index contributed by atoms with van der Waals surface area (Å²) in [4.78, 5) is 14.2. The second-order valence-electron chi connectivity index (χ2n) is 4.94. The van der Waals surface area contributed by atoms with Crippen molar-refractivity contribution in [2.45, 2.75) is 52.0 Å². The van der Waals surface area contributed by atoms with E-state index >= 15 is 0 Å². The number of hydrogen-bond donors (Lipinski definition) is 1. The Morgan fingerprint density at radius 1 is 1.33 bits per heavy atom. The number of carbonyl (C=O) groups is 1. The number of likely N-dealkylation sites (tertiary alicyclic amines) is 1. The van der Waals surface area contributed by atoms with E-state index in [1.807, 2.05) is 4.90 Å². The van der Waals surface area contributed by atoms with Crippen molar-refractivity contribution < 1.29 is 9.53 Å². The van der Waals surface area contributed by atoms with Gasteiger partial charge in [0.05, 0.1) is 6.04 Å². The molecule has 1 fully saturated rings. The van der Waals surface area contributed by atoms with Gasteiger partial charge in [-0.05, 0) is 38.6 Å². The fraction of sp³-hybridized carbons (Fsp3) is 0.929. The second-order valence-corrected chi connectivity index (χ2v) is 4.94. The average molecular weight is 256 g/mol. The molecule has 1 N–H and O–H groups in total. The van der Waals surface area contributed by atoms with Crippen LogP contribution in [-0.2, 0) is 9.53 Å². The molecule has 18 heavy (non-hydrogen) atoms. The van der Waals surface area contributed by atoms with Gasteiger partial charge in [0.15, 0.2) is 0 Å². The molecular weight excluding hydrogens is 228 g/mol. The minimum Gasteiger partial charge on any atom is -0.381 e. The second kappa shape index (κ2) is 9.34. The molecule has 0 aliphatic carbocycles. The third-order valence-electron chi connectivity index (χ3n) is 3.24. The number of rotatable bonds is 9. The summed E-state index contributed by atoms with van der Waals surface area (Å²) >= 11 is 0. The number of ether oxygens (including phenoxy) is 1. The Bertz CT molecular complexity index is 234. The van der Waals surface area contributed by atoms with Crippen LogP contribution in [0.5, 0.6) is 0 Å². The fourth-order valence-electron chi connectivity index (χ4n) is 2.27. The molecule has 1 saturated heterocycles. The zero-order valence-corrected chi connectivity index (χ0v) is 11.9. The molecule has 1 rings (SSSR count). The van der Waals surface area contributed by atoms with Gasteiger partial charge in [-0.2, -0.15) is 0 Å². The summed E-state index contributed by atoms with van der Waals surface area (Å²) in [6.07, 6.45) is 5.19. The SMILES string of the molecule is CCCNC1CCCN(CCCOCCC)C1=O. The Kier molecular flexibility index (Phi) is 8.01. The lowest BCUT2D eigenvalue weighted by Crippen LogP contribution is -2.51. The van der Waals surface area contributed by atoms with Crippen LogP contribution in [0.3, 0.4) is 0 Å². The van der Waals surface area contributed by atoms with Crippen LogP contribution in [0, 0.1) is 0 Å². The van der Waals surface area contributed by atoms with Crippen LogP contribution >= 0.6 is 0 Å². The monoisotopic (exact) mass is 256 g/mol. The van der Waals surface area contributed by atoms with Gasteiger partial charge in [-0.25, -0.2) is 0 Å². The summed E-state index contributed by atoms with van der Waals surface area (Å²) < 4.78 is 5.45. The molecule has 4 nitrogen and oxygen atoms in total. The van der Waals surface area contributed by atoms with Crippen LogP contribution in [0.2, 0.25) is 0 Å². The van der Waals surface area contributed by atoms with Crippen LogP contribution < -0.4 is 5.32 Å². The molecule has 1 heterocycles. The number of piperidine rings is 1. The Morgan fingerprint density at radius 2 is 2.17 bits per heavy atom. The molecule has 1 aliphatic rings. The summed E-state index contributed by atoms with van der Waals surface area (Å²) in [5, 5.41) is 3.34. The molecule has 0 radical (unpaired) electrons. The van der Waals surface area contributed by atoms with E-state index in [1.165, 1.54) is 0 Å². The van der Waals surface area contributed by atoms with Crippen molar-refractivity contribution >= 4 is 5.91 Å². The maximum absolute atomic E-state index is 12.2. The van der Waals surface area contributed by atoms with Crippen molar-refractivity contribution in [1.82, 2.24) is 10.2 Å². The van der Waals surface area contributed by atoms with E-state index in [4.69, 9.17) is 4.74 Å². The van der Waals surface area contributed by atoms with E-state index < -0.39 is 0 Å². The van der Waals surface area contributed by atoms with E-state index in [0.29, 0.717) is 0 Å². The highest BCUT2D eigenvalue weighted by Gasteiger charge is 2.27. The Balaban J connectivity index is 2.21. The van der Waals surface area contributed by atoms with Crippen LogP contribution in [0.1, 0.15) is 46.0 Å². The fourth-order valence-corrected chi connectivity index (χ4v) is 2.27. The van der Waals surface area contributed by atoms with Crippen LogP contribution in [-0.4, -0.2) is 49.7 Å². The predicted octanol–water partition coefficient (Wildman–Crippen LogP) is 1.79. The highest BCUT2D eigenvalue weighted by Crippen LogP contribution is 2.12. The zero-order valence-electron chi connectivity index (χ0n) is 11.9. The maximum atomic E-state index is 12.2. The first-order chi connectivity index (χ1) is 8.79. The average Bonchev–Trinajstić information content (AvgIpc) is 2.39. The van der Waals surface area contributed by atoms with Crippen LogP contribution in [0.25, 0.3) is 0 Å². The minimum atomic E-state index is 0.0512. The molecule has 1 aliphatic heterocycles. The lowest BCUT2D eigenvalue weighted by Gasteiger charge is -2.32. The van der Waals surface area contributed by atoms with Gasteiger partial charge < -0.3 is 15.0 Å². The van der Waals surface area contributed by atoms with E-state index in [1.54, 1.807) is 0 Å². The molecule has 0 aromatic rings. The number of nitrogens with zero attached hydrogens (tertiary/aromatic N) is 1. The Morgan fingerprint density at radius 3 is 2.89 bits per heavy atom. The van der Waals surface area contributed by atoms with Crippen molar-refractivity contribution in [2.75, 3.05) is 32.8 Å². The largest absolute Gasteiger partial charge is 0.381 e. The summed E-state index contributed by atoms with van der Waals surface area (Å²) in [6, 6.07) is 0.0512. The van der Waals surface area contributed by atoms with Gasteiger partial charge in [-0.15, -0.1) is 0 Å². The lowest BCUT2D eigenvalue weighted by molar-refractivity contribution is -0.136. The third kappa shape index (κ3) is 5.36. The molecular formula is C14H28N2O2. The molecule has 0 aromatic carbocycles. The zero-order chi connectivity index (χ0) is 13.2. The minimum absolute atomic E-state index is 0.0512. The normalized spacial score (nSPS) is 20.4. The van der Waals surface area contributed by atoms with Gasteiger partial charge in [-0.3, -0.25) is 4.79 Å². The van der Waals surface area contributed by atoms with E-state index in [-0.39, 0.29) is 11.9 Å². The van der Waals surface area contributed by atoms with Gasteiger partial charge in [-0.1, -0.05) is 13.8 Å². The lowest BCUT2D eigenvalue weighted by atomic mass is 10.0. The number of carbonyl (C=O) groups excluding carboxylic acids is 1. The first kappa shape index (κ1) is 15.4. The van der Waals surface area contributed by atoms with Crippen molar-refractivity contribution in [1.29, 1.82) is 0 Å². The highest BCUT2D eigenvalue weighted by atomic mass is 16.5. The van der Waals surface area contributed by atoms with Crippen molar-refractivity contribution in [3.63, 3.8) is 0 Å². The smallest absolute Gasteiger partial charge is 0.239 e. The third-order valence-corrected chi connectivity index (χ3v) is 3.24. The van der Waals surface area contributed by atoms with Crippen molar-refractivity contribution in [2.24, 2.45) is 0 Å². The molecule has 0 saturated carbocycles. The maximum Gasteiger partial charge on any atom is 0.239 e. The predicted molar refractivity (Wildman–Crippen MR) is 73.6 cm³/mol. The van der Waals surface area contributed by atoms with Gasteiger partial charge in [0.25, 0.3) is 0 Å². The Labute approximate surface area is 111 Å². The number of nitrogens with one attached hydrogen (secondary N) is 1. The van der Waals surface area contributed by atoms with Crippen LogP contribution in [0.4, 0.5) is 0 Å². The number of hydrogen-bond acceptors (Lipinski definition) is 3. The molecule has 106 valence electrons. The van der Waals surface area contributed by atoms with Gasteiger partial charge >= 0.3 is 0 Å². The Hall–Kier alpha value is -0.610. The van der Waals surface area contributed by atoms with Crippen LogP contribution in [0.15, 0.2) is 0 Å². The van der Waals surface area contributed by atoms with E-state index in [2.05, 4.69) is 19.2 Å². The highest BCUT2D eigenvalue weighted by molar-refractivity contribution is 5.82. The van der Waals surface area contributed by atoms with E-state index in [0.717, 1.165) is 65.0 Å². The molecule has 1 amide bonds. The quantitative estimate of drug-likeness (QED) is 0.640. The number of amides is 1. The molecule has 1 unspecified atom stereocenters. The molecule has 0 bridgehead atoms. The first-order valence-electron chi connectivity index (χ1n) is 7.39. The first-order valence-corrected chi connectivity index (χ1v) is 7.39. The summed E-state index contributed by atoms with van der Waals surface area (Å²) in [5.74, 6) is 0.283. The summed E-state index contributed by atoms with van der Waals surface area (Å²) in [5.41, 5.74) is 0. The topological polar surface area (TPSA) is 41.6 Å². The molecule has 4 heteroatoms. The standard InChI is InChI=1S/C14H28N2O2/c1-3-8-15-13-7-5-9-16(14(13)17)10-6-12-18-11-4-2/h13,15H,3-12H2,1-2H3. The molecule has 1 atom stereocenters. The molecule has 0 aromatic heterocycles. The summed E-state index contributed by atoms with van der Waals surface area (Å²) in [6.45, 7) is 8.52. The van der Waals surface area contributed by atoms with Gasteiger partial charge in [0.1, 0.15) is 0 Å². The van der Waals surface area contributed by atoms with E-state index in [9.17, 15) is 4.79 Å². The molecule has 0 spiro atoms.